The summed E-state index contributed by atoms with van der Waals surface area (Å²) in [6, 6.07) is 2.02. The molecule has 2 aromatic heterocycles. The van der Waals surface area contributed by atoms with E-state index in [0.717, 1.165) is 35.9 Å². The molecule has 0 saturated heterocycles. The van der Waals surface area contributed by atoms with Crippen LogP contribution in [0.3, 0.4) is 0 Å². The lowest BCUT2D eigenvalue weighted by atomic mass is 10.1. The molecule has 3 nitrogen and oxygen atoms in total. The third-order valence-electron chi connectivity index (χ3n) is 4.13. The van der Waals surface area contributed by atoms with Crippen LogP contribution in [0.15, 0.2) is 12.3 Å². The van der Waals surface area contributed by atoms with Gasteiger partial charge < -0.3 is 4.57 Å². The van der Waals surface area contributed by atoms with E-state index in [1.807, 2.05) is 12.3 Å². The Morgan fingerprint density at radius 1 is 1.47 bits per heavy atom. The maximum atomic E-state index is 5.91. The van der Waals surface area contributed by atoms with E-state index in [4.69, 9.17) is 16.6 Å². The molecule has 2 heterocycles. The minimum Gasteiger partial charge on any atom is -0.312 e. The monoisotopic (exact) mass is 277 g/mol. The Bertz CT molecular complexity index is 586. The van der Waals surface area contributed by atoms with Gasteiger partial charge in [-0.05, 0) is 43.2 Å². The molecular weight excluding hydrogens is 258 g/mol. The summed E-state index contributed by atoms with van der Waals surface area (Å²) in [6.07, 6.45) is 5.45. The lowest BCUT2D eigenvalue weighted by Crippen LogP contribution is -2.13. The van der Waals surface area contributed by atoms with Crippen LogP contribution in [-0.2, 0) is 13.0 Å². The van der Waals surface area contributed by atoms with Gasteiger partial charge in [0.15, 0.2) is 5.65 Å². The SMILES string of the molecule is Cc1ccnc2c1nc(CCCl)n2CC(C)C1CC1. The van der Waals surface area contributed by atoms with Gasteiger partial charge in [0.1, 0.15) is 11.3 Å². The topological polar surface area (TPSA) is 30.7 Å². The zero-order chi connectivity index (χ0) is 13.4. The van der Waals surface area contributed by atoms with Gasteiger partial charge in [-0.3, -0.25) is 0 Å². The standard InChI is InChI=1S/C15H20ClN3/c1-10-6-8-17-15-14(10)18-13(5-7-16)19(15)9-11(2)12-3-4-12/h6,8,11-12H,3-5,7,9H2,1-2H3. The Morgan fingerprint density at radius 3 is 2.95 bits per heavy atom. The van der Waals surface area contributed by atoms with Gasteiger partial charge in [0, 0.05) is 25.0 Å². The Balaban J connectivity index is 2.02. The molecule has 0 spiro atoms. The number of hydrogen-bond donors (Lipinski definition) is 0. The summed E-state index contributed by atoms with van der Waals surface area (Å²) in [5, 5.41) is 0. The minimum absolute atomic E-state index is 0.611. The first-order valence-corrected chi connectivity index (χ1v) is 7.61. The summed E-state index contributed by atoms with van der Waals surface area (Å²) in [5.41, 5.74) is 3.25. The van der Waals surface area contributed by atoms with Gasteiger partial charge in [-0.15, -0.1) is 11.6 Å². The second kappa shape index (κ2) is 5.12. The summed E-state index contributed by atoms with van der Waals surface area (Å²) in [4.78, 5) is 9.29. The number of hydrogen-bond acceptors (Lipinski definition) is 2. The molecule has 0 aliphatic heterocycles. The van der Waals surface area contributed by atoms with Crippen LogP contribution in [0.2, 0.25) is 0 Å². The van der Waals surface area contributed by atoms with Gasteiger partial charge in [-0.2, -0.15) is 0 Å². The number of fused-ring (bicyclic) bond motifs is 1. The zero-order valence-electron chi connectivity index (χ0n) is 11.6. The van der Waals surface area contributed by atoms with Crippen LogP contribution in [0.1, 0.15) is 31.2 Å². The van der Waals surface area contributed by atoms with Crippen LogP contribution in [0, 0.1) is 18.8 Å². The first-order valence-electron chi connectivity index (χ1n) is 7.07. The van der Waals surface area contributed by atoms with Crippen molar-refractivity contribution < 1.29 is 0 Å². The Morgan fingerprint density at radius 2 is 2.26 bits per heavy atom. The quantitative estimate of drug-likeness (QED) is 0.782. The van der Waals surface area contributed by atoms with Crippen molar-refractivity contribution in [3.8, 4) is 0 Å². The molecule has 1 aliphatic carbocycles. The van der Waals surface area contributed by atoms with E-state index in [1.54, 1.807) is 0 Å². The van der Waals surface area contributed by atoms with Crippen LogP contribution in [0.5, 0.6) is 0 Å². The van der Waals surface area contributed by atoms with Crippen LogP contribution < -0.4 is 0 Å². The fraction of sp³-hybridized carbons (Fsp3) is 0.600. The van der Waals surface area contributed by atoms with E-state index in [0.29, 0.717) is 11.8 Å². The summed E-state index contributed by atoms with van der Waals surface area (Å²) in [7, 11) is 0. The van der Waals surface area contributed by atoms with Crippen LogP contribution in [0.4, 0.5) is 0 Å². The summed E-state index contributed by atoms with van der Waals surface area (Å²) in [6.45, 7) is 5.45. The van der Waals surface area contributed by atoms with Gasteiger partial charge in [-0.1, -0.05) is 6.92 Å². The van der Waals surface area contributed by atoms with Crippen molar-refractivity contribution in [2.24, 2.45) is 11.8 Å². The summed E-state index contributed by atoms with van der Waals surface area (Å²) >= 11 is 5.91. The number of nitrogens with zero attached hydrogens (tertiary/aromatic N) is 3. The highest BCUT2D eigenvalue weighted by Crippen LogP contribution is 2.37. The van der Waals surface area contributed by atoms with Crippen molar-refractivity contribution in [3.05, 3.63) is 23.7 Å². The smallest absolute Gasteiger partial charge is 0.160 e. The molecule has 1 saturated carbocycles. The molecular formula is C15H20ClN3. The minimum atomic E-state index is 0.611. The van der Waals surface area contributed by atoms with Gasteiger partial charge in [0.2, 0.25) is 0 Å². The van der Waals surface area contributed by atoms with Crippen molar-refractivity contribution in [1.29, 1.82) is 0 Å². The van der Waals surface area contributed by atoms with E-state index >= 15 is 0 Å². The molecule has 0 N–H and O–H groups in total. The molecule has 1 unspecified atom stereocenters. The molecule has 1 atom stereocenters. The maximum absolute atomic E-state index is 5.91. The highest BCUT2D eigenvalue weighted by Gasteiger charge is 2.29. The van der Waals surface area contributed by atoms with Crippen molar-refractivity contribution >= 4 is 22.8 Å². The first-order chi connectivity index (χ1) is 9.20. The van der Waals surface area contributed by atoms with Crippen molar-refractivity contribution in [2.45, 2.75) is 39.7 Å². The molecule has 3 rings (SSSR count). The summed E-state index contributed by atoms with van der Waals surface area (Å²) < 4.78 is 2.29. The highest BCUT2D eigenvalue weighted by atomic mass is 35.5. The average Bonchev–Trinajstić information content (AvgIpc) is 3.17. The lowest BCUT2D eigenvalue weighted by Gasteiger charge is -2.13. The molecule has 0 aromatic carbocycles. The van der Waals surface area contributed by atoms with Gasteiger partial charge in [0.25, 0.3) is 0 Å². The van der Waals surface area contributed by atoms with E-state index in [9.17, 15) is 0 Å². The lowest BCUT2D eigenvalue weighted by molar-refractivity contribution is 0.428. The Hall–Kier alpha value is -1.09. The molecule has 1 fully saturated rings. The van der Waals surface area contributed by atoms with Crippen molar-refractivity contribution in [1.82, 2.24) is 14.5 Å². The molecule has 1 aliphatic rings. The molecule has 0 radical (unpaired) electrons. The van der Waals surface area contributed by atoms with Crippen LogP contribution in [0.25, 0.3) is 11.2 Å². The van der Waals surface area contributed by atoms with Gasteiger partial charge in [-0.25, -0.2) is 9.97 Å². The number of aromatic nitrogens is 3. The normalized spacial score (nSPS) is 17.0. The van der Waals surface area contributed by atoms with E-state index in [-0.39, 0.29) is 0 Å². The highest BCUT2D eigenvalue weighted by molar-refractivity contribution is 6.17. The maximum Gasteiger partial charge on any atom is 0.160 e. The number of aryl methyl sites for hydroxylation is 2. The zero-order valence-corrected chi connectivity index (χ0v) is 12.3. The molecule has 4 heteroatoms. The molecule has 0 bridgehead atoms. The van der Waals surface area contributed by atoms with Gasteiger partial charge in [0.05, 0.1) is 0 Å². The Kier molecular flexibility index (Phi) is 3.48. The Labute approximate surface area is 119 Å². The average molecular weight is 278 g/mol. The van der Waals surface area contributed by atoms with Gasteiger partial charge >= 0.3 is 0 Å². The number of pyridine rings is 1. The van der Waals surface area contributed by atoms with Crippen molar-refractivity contribution in [3.63, 3.8) is 0 Å². The number of imidazole rings is 1. The molecule has 0 amide bonds. The molecule has 2 aromatic rings. The predicted molar refractivity (Wildman–Crippen MR) is 78.6 cm³/mol. The van der Waals surface area contributed by atoms with E-state index in [1.165, 1.54) is 18.4 Å². The number of alkyl halides is 1. The largest absolute Gasteiger partial charge is 0.312 e. The summed E-state index contributed by atoms with van der Waals surface area (Å²) in [5.74, 6) is 3.29. The fourth-order valence-electron chi connectivity index (χ4n) is 2.75. The van der Waals surface area contributed by atoms with Crippen LogP contribution in [-0.4, -0.2) is 20.4 Å². The second-order valence-corrected chi connectivity index (χ2v) is 6.07. The van der Waals surface area contributed by atoms with Crippen molar-refractivity contribution in [2.75, 3.05) is 5.88 Å². The number of halogens is 1. The molecule has 19 heavy (non-hydrogen) atoms. The first kappa shape index (κ1) is 12.9. The second-order valence-electron chi connectivity index (χ2n) is 5.69. The van der Waals surface area contributed by atoms with Crippen LogP contribution >= 0.6 is 11.6 Å². The predicted octanol–water partition coefficient (Wildman–Crippen LogP) is 3.57. The van der Waals surface area contributed by atoms with E-state index in [2.05, 4.69) is 23.4 Å². The third kappa shape index (κ3) is 2.48. The van der Waals surface area contributed by atoms with E-state index < -0.39 is 0 Å². The fourth-order valence-corrected chi connectivity index (χ4v) is 2.92. The third-order valence-corrected chi connectivity index (χ3v) is 4.32. The number of rotatable bonds is 5. The molecule has 102 valence electrons.